The Hall–Kier alpha value is -2.28. The van der Waals surface area contributed by atoms with Crippen molar-refractivity contribution in [3.8, 4) is 0 Å². The van der Waals surface area contributed by atoms with Crippen LogP contribution in [0.4, 0.5) is 16.0 Å². The third-order valence-corrected chi connectivity index (χ3v) is 3.88. The molecule has 0 bridgehead atoms. The maximum atomic E-state index is 13.6. The van der Waals surface area contributed by atoms with Crippen LogP contribution in [0.25, 0.3) is 0 Å². The van der Waals surface area contributed by atoms with E-state index in [0.29, 0.717) is 10.8 Å². The standard InChI is InChI=1S/C15H16FN5S/c16-12-4-1-2-5-13(12)19-15(22)21-10-8-20(9-11-21)14-17-6-3-7-18-14/h1-7H,8-11H2,(H,19,22). The summed E-state index contributed by atoms with van der Waals surface area (Å²) in [6.45, 7) is 3.06. The third-order valence-electron chi connectivity index (χ3n) is 3.52. The van der Waals surface area contributed by atoms with E-state index in [4.69, 9.17) is 12.2 Å². The number of halogens is 1. The van der Waals surface area contributed by atoms with Gasteiger partial charge in [-0.25, -0.2) is 14.4 Å². The second-order valence-corrected chi connectivity index (χ2v) is 5.32. The maximum absolute atomic E-state index is 13.6. The lowest BCUT2D eigenvalue weighted by molar-refractivity contribution is 0.388. The smallest absolute Gasteiger partial charge is 0.225 e. The van der Waals surface area contributed by atoms with Crippen molar-refractivity contribution < 1.29 is 4.39 Å². The van der Waals surface area contributed by atoms with Crippen molar-refractivity contribution in [2.45, 2.75) is 0 Å². The van der Waals surface area contributed by atoms with E-state index in [1.807, 2.05) is 4.90 Å². The number of thiocarbonyl (C=S) groups is 1. The van der Waals surface area contributed by atoms with Crippen LogP contribution in [0.2, 0.25) is 0 Å². The molecule has 0 aliphatic carbocycles. The van der Waals surface area contributed by atoms with E-state index in [1.54, 1.807) is 36.7 Å². The van der Waals surface area contributed by atoms with Crippen molar-refractivity contribution in [3.63, 3.8) is 0 Å². The number of anilines is 2. The highest BCUT2D eigenvalue weighted by Crippen LogP contribution is 2.15. The van der Waals surface area contributed by atoms with Gasteiger partial charge in [-0.1, -0.05) is 12.1 Å². The second kappa shape index (κ2) is 6.65. The SMILES string of the molecule is Fc1ccccc1NC(=S)N1CCN(c2ncccn2)CC1. The minimum absolute atomic E-state index is 0.304. The zero-order valence-electron chi connectivity index (χ0n) is 11.9. The van der Waals surface area contributed by atoms with Crippen LogP contribution in [-0.2, 0) is 0 Å². The lowest BCUT2D eigenvalue weighted by Crippen LogP contribution is -2.50. The first-order chi connectivity index (χ1) is 10.7. The van der Waals surface area contributed by atoms with Gasteiger partial charge < -0.3 is 15.1 Å². The molecule has 7 heteroatoms. The van der Waals surface area contributed by atoms with Crippen LogP contribution < -0.4 is 10.2 Å². The Morgan fingerprint density at radius 3 is 2.41 bits per heavy atom. The number of hydrogen-bond donors (Lipinski definition) is 1. The Labute approximate surface area is 133 Å². The van der Waals surface area contributed by atoms with Gasteiger partial charge in [-0.3, -0.25) is 0 Å². The Morgan fingerprint density at radius 2 is 1.73 bits per heavy atom. The highest BCUT2D eigenvalue weighted by atomic mass is 32.1. The molecule has 5 nitrogen and oxygen atoms in total. The summed E-state index contributed by atoms with van der Waals surface area (Å²) >= 11 is 5.37. The molecule has 22 heavy (non-hydrogen) atoms. The summed E-state index contributed by atoms with van der Waals surface area (Å²) in [5, 5.41) is 3.51. The molecule has 1 aliphatic heterocycles. The molecule has 0 amide bonds. The maximum Gasteiger partial charge on any atom is 0.225 e. The van der Waals surface area contributed by atoms with Gasteiger partial charge in [0, 0.05) is 38.6 Å². The lowest BCUT2D eigenvalue weighted by atomic mass is 10.3. The largest absolute Gasteiger partial charge is 0.345 e. The first-order valence-corrected chi connectivity index (χ1v) is 7.47. The van der Waals surface area contributed by atoms with E-state index in [1.165, 1.54) is 6.07 Å². The van der Waals surface area contributed by atoms with Gasteiger partial charge in [0.05, 0.1) is 5.69 Å². The second-order valence-electron chi connectivity index (χ2n) is 4.93. The highest BCUT2D eigenvalue weighted by molar-refractivity contribution is 7.80. The summed E-state index contributed by atoms with van der Waals surface area (Å²) in [7, 11) is 0. The summed E-state index contributed by atoms with van der Waals surface area (Å²) < 4.78 is 13.6. The van der Waals surface area contributed by atoms with E-state index >= 15 is 0 Å². The van der Waals surface area contributed by atoms with Crippen molar-refractivity contribution in [1.29, 1.82) is 0 Å². The van der Waals surface area contributed by atoms with Gasteiger partial charge in [-0.2, -0.15) is 0 Å². The molecule has 0 atom stereocenters. The molecule has 0 radical (unpaired) electrons. The third kappa shape index (κ3) is 3.30. The van der Waals surface area contributed by atoms with Crippen LogP contribution in [-0.4, -0.2) is 46.2 Å². The fourth-order valence-corrected chi connectivity index (χ4v) is 2.61. The molecule has 1 aromatic carbocycles. The van der Waals surface area contributed by atoms with E-state index < -0.39 is 0 Å². The number of hydrogen-bond acceptors (Lipinski definition) is 4. The average Bonchev–Trinajstić information content (AvgIpc) is 2.58. The molecule has 3 rings (SSSR count). The summed E-state index contributed by atoms with van der Waals surface area (Å²) in [5.41, 5.74) is 0.404. The van der Waals surface area contributed by atoms with Crippen molar-refractivity contribution in [2.24, 2.45) is 0 Å². The van der Waals surface area contributed by atoms with Crippen LogP contribution in [0.1, 0.15) is 0 Å². The molecule has 1 N–H and O–H groups in total. The predicted octanol–water partition coefficient (Wildman–Crippen LogP) is 2.13. The first kappa shape index (κ1) is 14.6. The minimum Gasteiger partial charge on any atom is -0.345 e. The zero-order valence-corrected chi connectivity index (χ0v) is 12.8. The van der Waals surface area contributed by atoms with Gasteiger partial charge in [-0.05, 0) is 30.4 Å². The van der Waals surface area contributed by atoms with Gasteiger partial charge in [0.25, 0.3) is 0 Å². The molecule has 1 aromatic heterocycles. The number of aromatic nitrogens is 2. The average molecular weight is 317 g/mol. The molecule has 1 aliphatic rings. The van der Waals surface area contributed by atoms with Crippen LogP contribution in [0.5, 0.6) is 0 Å². The molecule has 0 spiro atoms. The van der Waals surface area contributed by atoms with Crippen molar-refractivity contribution >= 4 is 29.0 Å². The summed E-state index contributed by atoms with van der Waals surface area (Å²) in [4.78, 5) is 12.6. The molecule has 1 fully saturated rings. The van der Waals surface area contributed by atoms with Gasteiger partial charge in [-0.15, -0.1) is 0 Å². The van der Waals surface area contributed by atoms with Crippen molar-refractivity contribution in [3.05, 3.63) is 48.5 Å². The van der Waals surface area contributed by atoms with Gasteiger partial charge in [0.2, 0.25) is 5.95 Å². The monoisotopic (exact) mass is 317 g/mol. The number of nitrogens with one attached hydrogen (secondary N) is 1. The highest BCUT2D eigenvalue weighted by Gasteiger charge is 2.20. The lowest BCUT2D eigenvalue weighted by Gasteiger charge is -2.36. The summed E-state index contributed by atoms with van der Waals surface area (Å²) in [5.74, 6) is 0.427. The number of piperazine rings is 1. The fourth-order valence-electron chi connectivity index (χ4n) is 2.32. The fraction of sp³-hybridized carbons (Fsp3) is 0.267. The quantitative estimate of drug-likeness (QED) is 0.856. The Bertz CT molecular complexity index is 643. The van der Waals surface area contributed by atoms with Crippen LogP contribution in [0, 0.1) is 5.82 Å². The zero-order chi connectivity index (χ0) is 15.4. The van der Waals surface area contributed by atoms with Crippen molar-refractivity contribution in [1.82, 2.24) is 14.9 Å². The normalized spacial score (nSPS) is 14.8. The number of nitrogens with zero attached hydrogens (tertiary/aromatic N) is 4. The number of para-hydroxylation sites is 1. The molecule has 0 saturated carbocycles. The van der Waals surface area contributed by atoms with E-state index in [-0.39, 0.29) is 5.82 Å². The number of rotatable bonds is 2. The molecule has 2 aromatic rings. The molecule has 114 valence electrons. The molecule has 1 saturated heterocycles. The van der Waals surface area contributed by atoms with E-state index in [2.05, 4.69) is 20.2 Å². The molecule has 2 heterocycles. The summed E-state index contributed by atoms with van der Waals surface area (Å²) in [6.07, 6.45) is 3.47. The topological polar surface area (TPSA) is 44.3 Å². The van der Waals surface area contributed by atoms with Gasteiger partial charge in [0.15, 0.2) is 5.11 Å². The molecular formula is C15H16FN5S. The van der Waals surface area contributed by atoms with Gasteiger partial charge in [0.1, 0.15) is 5.82 Å². The van der Waals surface area contributed by atoms with E-state index in [9.17, 15) is 4.39 Å². The number of benzene rings is 1. The Kier molecular flexibility index (Phi) is 4.43. The van der Waals surface area contributed by atoms with Crippen LogP contribution >= 0.6 is 12.2 Å². The molecular weight excluding hydrogens is 301 g/mol. The molecule has 0 unspecified atom stereocenters. The summed E-state index contributed by atoms with van der Waals surface area (Å²) in [6, 6.07) is 8.32. The van der Waals surface area contributed by atoms with Gasteiger partial charge >= 0.3 is 0 Å². The Morgan fingerprint density at radius 1 is 1.05 bits per heavy atom. The van der Waals surface area contributed by atoms with Crippen molar-refractivity contribution in [2.75, 3.05) is 36.4 Å². The Balaban J connectivity index is 1.57. The first-order valence-electron chi connectivity index (χ1n) is 7.06. The predicted molar refractivity (Wildman–Crippen MR) is 88.4 cm³/mol. The van der Waals surface area contributed by atoms with E-state index in [0.717, 1.165) is 32.1 Å². The minimum atomic E-state index is -0.304. The van der Waals surface area contributed by atoms with Crippen LogP contribution in [0.15, 0.2) is 42.7 Å². The van der Waals surface area contributed by atoms with Crippen LogP contribution in [0.3, 0.4) is 0 Å².